The average Bonchev–Trinajstić information content (AvgIpc) is 2.11. The van der Waals surface area contributed by atoms with Gasteiger partial charge in [-0.25, -0.2) is 4.79 Å². The molecule has 6 nitrogen and oxygen atoms in total. The lowest BCUT2D eigenvalue weighted by atomic mass is 9.80. The molecule has 0 aromatic rings. The van der Waals surface area contributed by atoms with Gasteiger partial charge in [0.2, 0.25) is 0 Å². The minimum absolute atomic E-state index is 0.622. The molecule has 4 unspecified atom stereocenters. The first kappa shape index (κ1) is 11.4. The Morgan fingerprint density at radius 1 is 1.50 bits per heavy atom. The van der Waals surface area contributed by atoms with Crippen molar-refractivity contribution < 1.29 is 30.0 Å². The average molecular weight is 222 g/mol. The molecule has 0 spiro atoms. The van der Waals surface area contributed by atoms with Crippen molar-refractivity contribution in [2.24, 2.45) is 0 Å². The molecule has 0 amide bonds. The number of Topliss-reactive ketones (excluding diaryl/α,β-unsaturated/α-hetero) is 1. The number of carbonyl (C=O) groups is 2. The zero-order chi connectivity index (χ0) is 11.1. The number of rotatable bonds is 1. The Morgan fingerprint density at radius 3 is 2.43 bits per heavy atom. The molecule has 1 aliphatic rings. The van der Waals surface area contributed by atoms with Crippen LogP contribution in [-0.4, -0.2) is 55.2 Å². The van der Waals surface area contributed by atoms with Crippen LogP contribution in [0.3, 0.4) is 0 Å². The summed E-state index contributed by atoms with van der Waals surface area (Å²) in [7, 11) is 0. The van der Waals surface area contributed by atoms with Crippen molar-refractivity contribution in [2.45, 2.75) is 29.5 Å². The number of thiol groups is 1. The van der Waals surface area contributed by atoms with Crippen LogP contribution in [0.4, 0.5) is 0 Å². The molecule has 80 valence electrons. The van der Waals surface area contributed by atoms with Crippen LogP contribution in [0.15, 0.2) is 0 Å². The van der Waals surface area contributed by atoms with Crippen LogP contribution in [0.1, 0.15) is 6.42 Å². The van der Waals surface area contributed by atoms with E-state index in [2.05, 4.69) is 12.6 Å². The molecule has 14 heavy (non-hydrogen) atoms. The minimum Gasteiger partial charge on any atom is -0.479 e. The highest BCUT2D eigenvalue weighted by molar-refractivity contribution is 7.82. The molecule has 0 heterocycles. The summed E-state index contributed by atoms with van der Waals surface area (Å²) < 4.78 is 0. The van der Waals surface area contributed by atoms with Gasteiger partial charge in [0.05, 0.1) is 6.10 Å². The summed E-state index contributed by atoms with van der Waals surface area (Å²) in [6.45, 7) is 0. The third-order valence-corrected chi connectivity index (χ3v) is 2.95. The van der Waals surface area contributed by atoms with Crippen molar-refractivity contribution in [1.82, 2.24) is 0 Å². The second-order valence-electron chi connectivity index (χ2n) is 3.25. The van der Waals surface area contributed by atoms with Gasteiger partial charge in [0.25, 0.3) is 0 Å². The Labute approximate surface area is 84.6 Å². The molecule has 1 fully saturated rings. The molecule has 0 aromatic carbocycles. The van der Waals surface area contributed by atoms with Gasteiger partial charge < -0.3 is 20.4 Å². The number of hydrogen-bond acceptors (Lipinski definition) is 6. The predicted molar refractivity (Wildman–Crippen MR) is 47.0 cm³/mol. The Hall–Kier alpha value is -0.630. The first-order valence-corrected chi connectivity index (χ1v) is 4.36. The topological polar surface area (TPSA) is 115 Å². The van der Waals surface area contributed by atoms with E-state index in [1.807, 2.05) is 0 Å². The van der Waals surface area contributed by atoms with Gasteiger partial charge >= 0.3 is 5.97 Å². The van der Waals surface area contributed by atoms with Crippen molar-refractivity contribution in [2.75, 3.05) is 0 Å². The van der Waals surface area contributed by atoms with E-state index in [1.54, 1.807) is 0 Å². The summed E-state index contributed by atoms with van der Waals surface area (Å²) >= 11 is 3.62. The normalized spacial score (nSPS) is 43.7. The number of aliphatic hydroxyl groups excluding tert-OH is 2. The molecule has 4 N–H and O–H groups in total. The number of carbonyl (C=O) groups excluding carboxylic acids is 1. The fourth-order valence-corrected chi connectivity index (χ4v) is 1.70. The van der Waals surface area contributed by atoms with Crippen LogP contribution in [0.2, 0.25) is 0 Å². The summed E-state index contributed by atoms with van der Waals surface area (Å²) in [5.41, 5.74) is -2.42. The molecule has 0 aromatic heterocycles. The quantitative estimate of drug-likeness (QED) is 0.321. The molecule has 0 bridgehead atoms. The van der Waals surface area contributed by atoms with Crippen molar-refractivity contribution in [3.8, 4) is 0 Å². The summed E-state index contributed by atoms with van der Waals surface area (Å²) in [5.74, 6) is -2.63. The second-order valence-corrected chi connectivity index (χ2v) is 3.77. The van der Waals surface area contributed by atoms with Crippen molar-refractivity contribution in [3.63, 3.8) is 0 Å². The van der Waals surface area contributed by atoms with Gasteiger partial charge in [-0.3, -0.25) is 4.79 Å². The largest absolute Gasteiger partial charge is 0.479 e. The maximum absolute atomic E-state index is 11.1. The molecule has 4 atom stereocenters. The van der Waals surface area contributed by atoms with Crippen molar-refractivity contribution >= 4 is 24.4 Å². The fourth-order valence-electron chi connectivity index (χ4n) is 1.33. The van der Waals surface area contributed by atoms with Crippen molar-refractivity contribution in [1.29, 1.82) is 0 Å². The van der Waals surface area contributed by atoms with Gasteiger partial charge in [-0.2, -0.15) is 12.6 Å². The smallest absolute Gasteiger partial charge is 0.337 e. The molecule has 1 rings (SSSR count). The lowest BCUT2D eigenvalue weighted by molar-refractivity contribution is -0.174. The Kier molecular flexibility index (Phi) is 2.86. The number of hydrogen-bond donors (Lipinski definition) is 5. The molecule has 7 heteroatoms. The lowest BCUT2D eigenvalue weighted by Crippen LogP contribution is -2.62. The number of aliphatic carboxylic acids is 1. The van der Waals surface area contributed by atoms with E-state index in [9.17, 15) is 14.7 Å². The molecule has 0 saturated heterocycles. The number of carboxylic acid groups (broad SMARTS) is 1. The Balaban J connectivity index is 3.02. The van der Waals surface area contributed by atoms with E-state index in [-0.39, 0.29) is 0 Å². The van der Waals surface area contributed by atoms with E-state index in [1.165, 1.54) is 0 Å². The maximum atomic E-state index is 11.1. The van der Waals surface area contributed by atoms with Crippen LogP contribution in [0.25, 0.3) is 0 Å². The van der Waals surface area contributed by atoms with Crippen LogP contribution in [0, 0.1) is 0 Å². The summed E-state index contributed by atoms with van der Waals surface area (Å²) in [4.78, 5) is 21.8. The monoisotopic (exact) mass is 222 g/mol. The number of aliphatic hydroxyl groups is 3. The zero-order valence-corrected chi connectivity index (χ0v) is 7.89. The van der Waals surface area contributed by atoms with Crippen LogP contribution in [0.5, 0.6) is 0 Å². The molecule has 0 aliphatic heterocycles. The first-order chi connectivity index (χ1) is 6.30. The van der Waals surface area contributed by atoms with E-state index < -0.39 is 41.2 Å². The highest BCUT2D eigenvalue weighted by Crippen LogP contribution is 2.30. The molecular weight excluding hydrogens is 212 g/mol. The fraction of sp³-hybridized carbons (Fsp3) is 0.714. The van der Waals surface area contributed by atoms with Gasteiger partial charge in [0, 0.05) is 6.42 Å². The SMILES string of the molecule is O=C1C(O)C(O)CC(O)(C(=O)O)C1S. The zero-order valence-electron chi connectivity index (χ0n) is 6.99. The van der Waals surface area contributed by atoms with Crippen LogP contribution in [-0.2, 0) is 9.59 Å². The Bertz CT molecular complexity index is 279. The van der Waals surface area contributed by atoms with Gasteiger partial charge in [-0.1, -0.05) is 0 Å². The molecular formula is C7H10O6S. The van der Waals surface area contributed by atoms with Crippen LogP contribution < -0.4 is 0 Å². The third kappa shape index (κ3) is 1.52. The number of carboxylic acids is 1. The predicted octanol–water partition coefficient (Wildman–Crippen LogP) is -2.20. The molecule has 1 aliphatic carbocycles. The minimum atomic E-state index is -2.42. The molecule has 1 saturated carbocycles. The Morgan fingerprint density at radius 2 is 2.00 bits per heavy atom. The summed E-state index contributed by atoms with van der Waals surface area (Å²) in [6, 6.07) is 0. The van der Waals surface area contributed by atoms with Gasteiger partial charge in [0.15, 0.2) is 11.4 Å². The van der Waals surface area contributed by atoms with E-state index in [0.717, 1.165) is 0 Å². The van der Waals surface area contributed by atoms with Gasteiger partial charge in [0.1, 0.15) is 11.4 Å². The second kappa shape index (κ2) is 3.50. The standard InChI is InChI=1S/C7H10O6S/c8-2-1-7(13,6(11)12)5(14)4(10)3(2)9/h2-3,5,8-9,13-14H,1H2,(H,11,12). The summed E-state index contributed by atoms with van der Waals surface area (Å²) in [6.07, 6.45) is -3.88. The lowest BCUT2D eigenvalue weighted by Gasteiger charge is -2.37. The van der Waals surface area contributed by atoms with E-state index >= 15 is 0 Å². The van der Waals surface area contributed by atoms with E-state index in [4.69, 9.17) is 15.3 Å². The first-order valence-electron chi connectivity index (χ1n) is 3.84. The number of ketones is 1. The van der Waals surface area contributed by atoms with Gasteiger partial charge in [-0.15, -0.1) is 0 Å². The van der Waals surface area contributed by atoms with Gasteiger partial charge in [-0.05, 0) is 0 Å². The molecule has 0 radical (unpaired) electrons. The maximum Gasteiger partial charge on any atom is 0.337 e. The van der Waals surface area contributed by atoms with E-state index in [0.29, 0.717) is 0 Å². The highest BCUT2D eigenvalue weighted by atomic mass is 32.1. The van der Waals surface area contributed by atoms with Crippen molar-refractivity contribution in [3.05, 3.63) is 0 Å². The highest BCUT2D eigenvalue weighted by Gasteiger charge is 2.54. The van der Waals surface area contributed by atoms with Crippen LogP contribution >= 0.6 is 12.6 Å². The summed E-state index contributed by atoms with van der Waals surface area (Å²) in [5, 5.41) is 34.8. The third-order valence-electron chi connectivity index (χ3n) is 2.27.